The van der Waals surface area contributed by atoms with Gasteiger partial charge in [0.15, 0.2) is 5.78 Å². The number of ether oxygens (including phenoxy) is 1. The zero-order chi connectivity index (χ0) is 14.4. The third-order valence-electron chi connectivity index (χ3n) is 2.83. The molecular formula is C15H17ClN2O2. The van der Waals surface area contributed by atoms with E-state index >= 15 is 0 Å². The normalized spacial score (nSPS) is 10.5. The van der Waals surface area contributed by atoms with Crippen molar-refractivity contribution in [1.29, 1.82) is 0 Å². The first-order valence-corrected chi connectivity index (χ1v) is 6.97. The Labute approximate surface area is 123 Å². The zero-order valence-electron chi connectivity index (χ0n) is 11.4. The van der Waals surface area contributed by atoms with Crippen molar-refractivity contribution < 1.29 is 9.53 Å². The van der Waals surface area contributed by atoms with Crippen LogP contribution in [0.15, 0.2) is 36.7 Å². The highest BCUT2D eigenvalue weighted by molar-refractivity contribution is 6.30. The number of nitrogens with zero attached hydrogens (tertiary/aromatic N) is 2. The van der Waals surface area contributed by atoms with Crippen LogP contribution >= 0.6 is 11.6 Å². The molecule has 5 heteroatoms. The van der Waals surface area contributed by atoms with Gasteiger partial charge in [-0.25, -0.2) is 4.98 Å². The number of hydrogen-bond donors (Lipinski definition) is 0. The molecule has 106 valence electrons. The number of benzene rings is 1. The van der Waals surface area contributed by atoms with E-state index in [1.165, 1.54) is 0 Å². The predicted molar refractivity (Wildman–Crippen MR) is 78.2 cm³/mol. The summed E-state index contributed by atoms with van der Waals surface area (Å²) in [6.07, 6.45) is 4.92. The van der Waals surface area contributed by atoms with Crippen molar-refractivity contribution in [1.82, 2.24) is 9.55 Å². The fourth-order valence-electron chi connectivity index (χ4n) is 1.87. The van der Waals surface area contributed by atoms with Crippen LogP contribution in [0.2, 0.25) is 5.02 Å². The lowest BCUT2D eigenvalue weighted by molar-refractivity contribution is -0.120. The highest BCUT2D eigenvalue weighted by Crippen LogP contribution is 2.15. The van der Waals surface area contributed by atoms with E-state index in [2.05, 4.69) is 11.9 Å². The van der Waals surface area contributed by atoms with Gasteiger partial charge < -0.3 is 9.30 Å². The Morgan fingerprint density at radius 1 is 1.35 bits per heavy atom. The highest BCUT2D eigenvalue weighted by atomic mass is 35.5. The van der Waals surface area contributed by atoms with E-state index in [1.807, 2.05) is 10.8 Å². The maximum Gasteiger partial charge on any atom is 0.177 e. The molecule has 2 rings (SSSR count). The van der Waals surface area contributed by atoms with E-state index in [9.17, 15) is 4.79 Å². The Kier molecular flexibility index (Phi) is 5.18. The molecule has 20 heavy (non-hydrogen) atoms. The van der Waals surface area contributed by atoms with Crippen molar-refractivity contribution in [3.63, 3.8) is 0 Å². The van der Waals surface area contributed by atoms with Crippen LogP contribution in [0.25, 0.3) is 0 Å². The summed E-state index contributed by atoms with van der Waals surface area (Å²) in [5.41, 5.74) is 0. The number of rotatable bonds is 7. The molecule has 1 aromatic heterocycles. The van der Waals surface area contributed by atoms with Gasteiger partial charge >= 0.3 is 0 Å². The van der Waals surface area contributed by atoms with Crippen LogP contribution in [-0.2, 0) is 17.8 Å². The van der Waals surface area contributed by atoms with E-state index in [1.54, 1.807) is 30.5 Å². The second-order valence-corrected chi connectivity index (χ2v) is 4.93. The second kappa shape index (κ2) is 7.10. The quantitative estimate of drug-likeness (QED) is 0.787. The van der Waals surface area contributed by atoms with Gasteiger partial charge in [-0.2, -0.15) is 0 Å². The smallest absolute Gasteiger partial charge is 0.177 e. The number of imidazole rings is 1. The number of aromatic nitrogens is 2. The summed E-state index contributed by atoms with van der Waals surface area (Å²) < 4.78 is 7.43. The van der Waals surface area contributed by atoms with Crippen molar-refractivity contribution >= 4 is 17.4 Å². The first kappa shape index (κ1) is 14.6. The Balaban J connectivity index is 1.86. The van der Waals surface area contributed by atoms with Crippen molar-refractivity contribution in [3.05, 3.63) is 47.5 Å². The third-order valence-corrected chi connectivity index (χ3v) is 3.09. The first-order chi connectivity index (χ1) is 9.69. The van der Waals surface area contributed by atoms with E-state index in [-0.39, 0.29) is 12.4 Å². The average molecular weight is 293 g/mol. The van der Waals surface area contributed by atoms with Gasteiger partial charge in [0.05, 0.1) is 6.42 Å². The molecule has 0 saturated carbocycles. The van der Waals surface area contributed by atoms with Gasteiger partial charge in [-0.15, -0.1) is 0 Å². The molecule has 0 fully saturated rings. The lowest BCUT2D eigenvalue weighted by atomic mass is 10.2. The van der Waals surface area contributed by atoms with Crippen LogP contribution in [0.1, 0.15) is 19.2 Å². The van der Waals surface area contributed by atoms with E-state index in [0.717, 1.165) is 18.8 Å². The van der Waals surface area contributed by atoms with Crippen LogP contribution in [0.5, 0.6) is 5.75 Å². The Hall–Kier alpha value is -1.81. The van der Waals surface area contributed by atoms with Gasteiger partial charge in [0, 0.05) is 24.0 Å². The highest BCUT2D eigenvalue weighted by Gasteiger charge is 2.09. The summed E-state index contributed by atoms with van der Waals surface area (Å²) in [5, 5.41) is 0.644. The molecule has 0 atom stereocenters. The minimum Gasteiger partial charge on any atom is -0.486 e. The molecule has 0 N–H and O–H groups in total. The molecule has 0 amide bonds. The number of hydrogen-bond acceptors (Lipinski definition) is 3. The maximum atomic E-state index is 11.9. The van der Waals surface area contributed by atoms with Gasteiger partial charge in [-0.05, 0) is 30.7 Å². The fourth-order valence-corrected chi connectivity index (χ4v) is 2.00. The number of halogens is 1. The minimum atomic E-state index is 0.00324. The van der Waals surface area contributed by atoms with Crippen molar-refractivity contribution in [2.75, 3.05) is 6.61 Å². The largest absolute Gasteiger partial charge is 0.486 e. The lowest BCUT2D eigenvalue weighted by Crippen LogP contribution is -2.16. The molecule has 0 spiro atoms. The summed E-state index contributed by atoms with van der Waals surface area (Å²) >= 11 is 5.78. The molecule has 4 nitrogen and oxygen atoms in total. The fraction of sp³-hybridized carbons (Fsp3) is 0.333. The molecule has 0 aliphatic carbocycles. The summed E-state index contributed by atoms with van der Waals surface area (Å²) in [7, 11) is 0. The number of carbonyl (C=O) groups excluding carboxylic acids is 1. The lowest BCUT2D eigenvalue weighted by Gasteiger charge is -2.07. The molecule has 0 radical (unpaired) electrons. The van der Waals surface area contributed by atoms with Gasteiger partial charge in [0.1, 0.15) is 18.2 Å². The number of carbonyl (C=O) groups is 1. The Morgan fingerprint density at radius 3 is 2.80 bits per heavy atom. The molecule has 0 unspecified atom stereocenters. The molecule has 0 bridgehead atoms. The molecule has 0 aliphatic rings. The molecule has 0 saturated heterocycles. The summed E-state index contributed by atoms with van der Waals surface area (Å²) in [6, 6.07) is 6.95. The van der Waals surface area contributed by atoms with Crippen LogP contribution < -0.4 is 4.74 Å². The molecule has 1 aromatic carbocycles. The molecule has 1 heterocycles. The monoisotopic (exact) mass is 292 g/mol. The summed E-state index contributed by atoms with van der Waals surface area (Å²) in [6.45, 7) is 3.01. The van der Waals surface area contributed by atoms with Crippen molar-refractivity contribution in [2.45, 2.75) is 26.3 Å². The predicted octanol–water partition coefficient (Wildman–Crippen LogP) is 3.14. The van der Waals surface area contributed by atoms with Crippen molar-refractivity contribution in [3.8, 4) is 5.75 Å². The first-order valence-electron chi connectivity index (χ1n) is 6.59. The Bertz CT molecular complexity index is 564. The van der Waals surface area contributed by atoms with Gasteiger partial charge in [0.2, 0.25) is 0 Å². The van der Waals surface area contributed by atoms with E-state index in [0.29, 0.717) is 17.2 Å². The van der Waals surface area contributed by atoms with Crippen LogP contribution in [-0.4, -0.2) is 21.9 Å². The van der Waals surface area contributed by atoms with E-state index in [4.69, 9.17) is 16.3 Å². The SMILES string of the molecule is CCCn1ccnc1CC(=O)COc1ccc(Cl)cc1. The maximum absolute atomic E-state index is 11.9. The van der Waals surface area contributed by atoms with E-state index < -0.39 is 0 Å². The zero-order valence-corrected chi connectivity index (χ0v) is 12.1. The number of aryl methyl sites for hydroxylation is 1. The van der Waals surface area contributed by atoms with Crippen LogP contribution in [0, 0.1) is 0 Å². The molecule has 0 aliphatic heterocycles. The summed E-state index contributed by atoms with van der Waals surface area (Å²) in [5.74, 6) is 1.43. The molecular weight excluding hydrogens is 276 g/mol. The van der Waals surface area contributed by atoms with Gasteiger partial charge in [-0.3, -0.25) is 4.79 Å². The second-order valence-electron chi connectivity index (χ2n) is 4.49. The number of Topliss-reactive ketones (excluding diaryl/α,β-unsaturated/α-hetero) is 1. The number of ketones is 1. The van der Waals surface area contributed by atoms with Crippen LogP contribution in [0.4, 0.5) is 0 Å². The van der Waals surface area contributed by atoms with Gasteiger partial charge in [-0.1, -0.05) is 18.5 Å². The van der Waals surface area contributed by atoms with Gasteiger partial charge in [0.25, 0.3) is 0 Å². The topological polar surface area (TPSA) is 44.1 Å². The Morgan fingerprint density at radius 2 is 2.10 bits per heavy atom. The standard InChI is InChI=1S/C15H17ClN2O2/c1-2-8-18-9-7-17-15(18)10-13(19)11-20-14-5-3-12(16)4-6-14/h3-7,9H,2,8,10-11H2,1H3. The minimum absolute atomic E-state index is 0.00324. The summed E-state index contributed by atoms with van der Waals surface area (Å²) in [4.78, 5) is 16.1. The third kappa shape index (κ3) is 4.10. The van der Waals surface area contributed by atoms with Crippen molar-refractivity contribution in [2.24, 2.45) is 0 Å². The van der Waals surface area contributed by atoms with Crippen LogP contribution in [0.3, 0.4) is 0 Å². The molecule has 2 aromatic rings. The average Bonchev–Trinajstić information content (AvgIpc) is 2.86.